The molecule has 0 fully saturated rings. The van der Waals surface area contributed by atoms with E-state index in [0.29, 0.717) is 5.82 Å². The second-order valence-electron chi connectivity index (χ2n) is 4.22. The monoisotopic (exact) mass is 282 g/mol. The van der Waals surface area contributed by atoms with E-state index < -0.39 is 0 Å². The summed E-state index contributed by atoms with van der Waals surface area (Å²) in [4.78, 5) is 14.3. The van der Waals surface area contributed by atoms with Gasteiger partial charge in [-0.3, -0.25) is 4.98 Å². The number of anilines is 1. The molecule has 1 N–H and O–H groups in total. The number of hydrogen-bond acceptors (Lipinski definition) is 5. The van der Waals surface area contributed by atoms with Gasteiger partial charge in [0.2, 0.25) is 0 Å². The van der Waals surface area contributed by atoms with Gasteiger partial charge in [0.05, 0.1) is 16.1 Å². The van der Waals surface area contributed by atoms with Crippen LogP contribution in [0.15, 0.2) is 48.1 Å². The van der Waals surface area contributed by atoms with E-state index in [9.17, 15) is 0 Å². The van der Waals surface area contributed by atoms with Crippen LogP contribution >= 0.6 is 11.3 Å². The number of thiazole rings is 1. The van der Waals surface area contributed by atoms with Gasteiger partial charge in [0.25, 0.3) is 0 Å². The standard InChI is InChI=1S/C15H14N4S/c1-2-17-14-8-12(11-6-4-3-5-7-11)18-15(19-14)13-9-16-10-20-13/h3-10H,2H2,1H3,(H,17,18,19). The van der Waals surface area contributed by atoms with Crippen molar-refractivity contribution >= 4 is 17.2 Å². The lowest BCUT2D eigenvalue weighted by Gasteiger charge is -2.08. The van der Waals surface area contributed by atoms with Gasteiger partial charge in [0.1, 0.15) is 5.82 Å². The summed E-state index contributed by atoms with van der Waals surface area (Å²) >= 11 is 1.54. The molecule has 2 heterocycles. The lowest BCUT2D eigenvalue weighted by Crippen LogP contribution is -2.02. The number of nitrogens with zero attached hydrogens (tertiary/aromatic N) is 3. The number of hydrogen-bond donors (Lipinski definition) is 1. The first kappa shape index (κ1) is 12.7. The van der Waals surface area contributed by atoms with E-state index in [1.807, 2.05) is 24.3 Å². The minimum Gasteiger partial charge on any atom is -0.370 e. The molecule has 0 aliphatic carbocycles. The van der Waals surface area contributed by atoms with Crippen LogP contribution in [0, 0.1) is 0 Å². The Morgan fingerprint density at radius 3 is 2.70 bits per heavy atom. The summed E-state index contributed by atoms with van der Waals surface area (Å²) in [5.74, 6) is 1.55. The van der Waals surface area contributed by atoms with Gasteiger partial charge in [-0.05, 0) is 6.92 Å². The second-order valence-corrected chi connectivity index (χ2v) is 5.11. The Morgan fingerprint density at radius 2 is 2.00 bits per heavy atom. The van der Waals surface area contributed by atoms with E-state index in [1.165, 1.54) is 0 Å². The molecule has 100 valence electrons. The summed E-state index contributed by atoms with van der Waals surface area (Å²) in [6, 6.07) is 12.1. The molecule has 0 radical (unpaired) electrons. The summed E-state index contributed by atoms with van der Waals surface area (Å²) in [5.41, 5.74) is 3.79. The maximum atomic E-state index is 4.65. The van der Waals surface area contributed by atoms with Gasteiger partial charge in [-0.1, -0.05) is 30.3 Å². The van der Waals surface area contributed by atoms with Gasteiger partial charge in [-0.2, -0.15) is 0 Å². The van der Waals surface area contributed by atoms with Crippen LogP contribution < -0.4 is 5.32 Å². The summed E-state index contributed by atoms with van der Waals surface area (Å²) < 4.78 is 0. The average molecular weight is 282 g/mol. The van der Waals surface area contributed by atoms with Gasteiger partial charge in [-0.15, -0.1) is 11.3 Å². The van der Waals surface area contributed by atoms with Gasteiger partial charge >= 0.3 is 0 Å². The molecule has 0 unspecified atom stereocenters. The summed E-state index contributed by atoms with van der Waals surface area (Å²) in [6.07, 6.45) is 1.80. The van der Waals surface area contributed by atoms with Crippen LogP contribution in [0.2, 0.25) is 0 Å². The van der Waals surface area contributed by atoms with Gasteiger partial charge in [0.15, 0.2) is 5.82 Å². The molecule has 4 nitrogen and oxygen atoms in total. The van der Waals surface area contributed by atoms with Crippen molar-refractivity contribution in [1.29, 1.82) is 0 Å². The van der Waals surface area contributed by atoms with Crippen LogP contribution in [-0.4, -0.2) is 21.5 Å². The molecular weight excluding hydrogens is 268 g/mol. The molecule has 2 aromatic heterocycles. The first-order chi connectivity index (χ1) is 9.86. The topological polar surface area (TPSA) is 50.7 Å². The predicted molar refractivity (Wildman–Crippen MR) is 82.7 cm³/mol. The molecule has 0 amide bonds. The van der Waals surface area contributed by atoms with Gasteiger partial charge in [-0.25, -0.2) is 9.97 Å². The third kappa shape index (κ3) is 2.67. The first-order valence-corrected chi connectivity index (χ1v) is 7.32. The van der Waals surface area contributed by atoms with E-state index in [1.54, 1.807) is 23.0 Å². The third-order valence-electron chi connectivity index (χ3n) is 2.81. The molecule has 0 aliphatic rings. The lowest BCUT2D eigenvalue weighted by atomic mass is 10.1. The molecular formula is C15H14N4S. The zero-order chi connectivity index (χ0) is 13.8. The van der Waals surface area contributed by atoms with Crippen molar-refractivity contribution in [2.24, 2.45) is 0 Å². The summed E-state index contributed by atoms with van der Waals surface area (Å²) in [5, 5.41) is 3.25. The smallest absolute Gasteiger partial charge is 0.173 e. The maximum Gasteiger partial charge on any atom is 0.173 e. The molecule has 0 aliphatic heterocycles. The Hall–Kier alpha value is -2.27. The zero-order valence-electron chi connectivity index (χ0n) is 11.1. The minimum atomic E-state index is 0.713. The molecule has 3 rings (SSSR count). The summed E-state index contributed by atoms with van der Waals surface area (Å²) in [7, 11) is 0. The normalized spacial score (nSPS) is 10.4. The molecule has 3 aromatic rings. The Labute approximate surface area is 121 Å². The van der Waals surface area contributed by atoms with E-state index >= 15 is 0 Å². The highest BCUT2D eigenvalue weighted by Gasteiger charge is 2.09. The zero-order valence-corrected chi connectivity index (χ0v) is 11.9. The molecule has 0 atom stereocenters. The van der Waals surface area contributed by atoms with Gasteiger partial charge in [0, 0.05) is 24.4 Å². The molecule has 1 aromatic carbocycles. The minimum absolute atomic E-state index is 0.713. The second kappa shape index (κ2) is 5.79. The fourth-order valence-corrected chi connectivity index (χ4v) is 2.47. The Morgan fingerprint density at radius 1 is 1.15 bits per heavy atom. The van der Waals surface area contributed by atoms with Crippen molar-refractivity contribution in [3.05, 3.63) is 48.1 Å². The highest BCUT2D eigenvalue weighted by atomic mass is 32.1. The highest BCUT2D eigenvalue weighted by molar-refractivity contribution is 7.13. The molecule has 5 heteroatoms. The Bertz CT molecular complexity index is 680. The number of nitrogens with one attached hydrogen (secondary N) is 1. The predicted octanol–water partition coefficient (Wildman–Crippen LogP) is 3.70. The van der Waals surface area contributed by atoms with Crippen LogP contribution in [0.4, 0.5) is 5.82 Å². The van der Waals surface area contributed by atoms with Crippen molar-refractivity contribution in [3.8, 4) is 22.0 Å². The van der Waals surface area contributed by atoms with Crippen LogP contribution in [-0.2, 0) is 0 Å². The molecule has 0 saturated heterocycles. The van der Waals surface area contributed by atoms with Crippen LogP contribution in [0.5, 0.6) is 0 Å². The van der Waals surface area contributed by atoms with Crippen LogP contribution in [0.1, 0.15) is 6.92 Å². The number of aromatic nitrogens is 3. The van der Waals surface area contributed by atoms with E-state index in [4.69, 9.17) is 0 Å². The van der Waals surface area contributed by atoms with Crippen molar-refractivity contribution < 1.29 is 0 Å². The maximum absolute atomic E-state index is 4.65. The third-order valence-corrected chi connectivity index (χ3v) is 3.58. The summed E-state index contributed by atoms with van der Waals surface area (Å²) in [6.45, 7) is 2.88. The van der Waals surface area contributed by atoms with E-state index in [0.717, 1.165) is 28.5 Å². The van der Waals surface area contributed by atoms with Gasteiger partial charge < -0.3 is 5.32 Å². The molecule has 0 spiro atoms. The largest absolute Gasteiger partial charge is 0.370 e. The van der Waals surface area contributed by atoms with Crippen LogP contribution in [0.25, 0.3) is 22.0 Å². The fourth-order valence-electron chi connectivity index (χ4n) is 1.91. The van der Waals surface area contributed by atoms with Crippen molar-refractivity contribution in [1.82, 2.24) is 15.0 Å². The SMILES string of the molecule is CCNc1cc(-c2ccccc2)nc(-c2cncs2)n1. The van der Waals surface area contributed by atoms with Crippen molar-refractivity contribution in [2.45, 2.75) is 6.92 Å². The average Bonchev–Trinajstić information content (AvgIpc) is 3.02. The lowest BCUT2D eigenvalue weighted by molar-refractivity contribution is 1.12. The first-order valence-electron chi connectivity index (χ1n) is 6.44. The van der Waals surface area contributed by atoms with E-state index in [-0.39, 0.29) is 0 Å². The molecule has 20 heavy (non-hydrogen) atoms. The van der Waals surface area contributed by atoms with Crippen molar-refractivity contribution in [3.63, 3.8) is 0 Å². The Kier molecular flexibility index (Phi) is 3.69. The van der Waals surface area contributed by atoms with E-state index in [2.05, 4.69) is 39.3 Å². The number of benzene rings is 1. The fraction of sp³-hybridized carbons (Fsp3) is 0.133. The van der Waals surface area contributed by atoms with Crippen LogP contribution in [0.3, 0.4) is 0 Å². The molecule has 0 bridgehead atoms. The Balaban J connectivity index is 2.10. The van der Waals surface area contributed by atoms with Crippen molar-refractivity contribution in [2.75, 3.05) is 11.9 Å². The molecule has 0 saturated carbocycles. The quantitative estimate of drug-likeness (QED) is 0.792. The highest BCUT2D eigenvalue weighted by Crippen LogP contribution is 2.25. The number of rotatable bonds is 4.